The second-order valence-electron chi connectivity index (χ2n) is 3.11. The van der Waals surface area contributed by atoms with Crippen molar-refractivity contribution in [3.63, 3.8) is 0 Å². The Bertz CT molecular complexity index is 365. The maximum Gasteiger partial charge on any atom is 0.313 e. The minimum Gasteiger partial charge on any atom is -0.508 e. The topological polar surface area (TPSA) is 66.8 Å². The Hall–Kier alpha value is -1.36. The van der Waals surface area contributed by atoms with Crippen molar-refractivity contribution in [2.45, 2.75) is 12.7 Å². The van der Waals surface area contributed by atoms with Gasteiger partial charge >= 0.3 is 5.97 Å². The predicted octanol–water partition coefficient (Wildman–Crippen LogP) is 2.11. The van der Waals surface area contributed by atoms with Crippen molar-refractivity contribution in [1.82, 2.24) is 0 Å². The van der Waals surface area contributed by atoms with E-state index in [0.717, 1.165) is 5.56 Å². The summed E-state index contributed by atoms with van der Waals surface area (Å²) < 4.78 is 5.38. The molecule has 0 saturated heterocycles. The number of rotatable bonds is 6. The van der Waals surface area contributed by atoms with Gasteiger partial charge in [0.15, 0.2) is 0 Å². The number of carboxylic acids is 1. The van der Waals surface area contributed by atoms with E-state index in [-0.39, 0.29) is 11.5 Å². The number of phenols is 1. The molecule has 0 aliphatic carbocycles. The van der Waals surface area contributed by atoms with Crippen molar-refractivity contribution < 1.29 is 19.7 Å². The Kier molecular flexibility index (Phi) is 4.98. The molecule has 0 aliphatic heterocycles. The SMILES string of the molecule is CCOc1ccc(O)cc1CSCC(=O)O. The first kappa shape index (κ1) is 12.7. The molecule has 0 amide bonds. The van der Waals surface area contributed by atoms with Crippen LogP contribution < -0.4 is 4.74 Å². The van der Waals surface area contributed by atoms with Gasteiger partial charge in [-0.2, -0.15) is 0 Å². The first-order valence-corrected chi connectivity index (χ1v) is 6.03. The average Bonchev–Trinajstić information content (AvgIpc) is 2.21. The van der Waals surface area contributed by atoms with Gasteiger partial charge in [0.1, 0.15) is 11.5 Å². The predicted molar refractivity (Wildman–Crippen MR) is 63.1 cm³/mol. The first-order chi connectivity index (χ1) is 7.63. The van der Waals surface area contributed by atoms with Gasteiger partial charge in [0, 0.05) is 11.3 Å². The lowest BCUT2D eigenvalue weighted by molar-refractivity contribution is -0.133. The summed E-state index contributed by atoms with van der Waals surface area (Å²) >= 11 is 1.27. The maximum atomic E-state index is 10.4. The summed E-state index contributed by atoms with van der Waals surface area (Å²) in [6, 6.07) is 4.84. The highest BCUT2D eigenvalue weighted by molar-refractivity contribution is 7.99. The summed E-state index contributed by atoms with van der Waals surface area (Å²) in [7, 11) is 0. The van der Waals surface area contributed by atoms with E-state index in [9.17, 15) is 9.90 Å². The van der Waals surface area contributed by atoms with E-state index in [1.165, 1.54) is 11.8 Å². The zero-order chi connectivity index (χ0) is 12.0. The third kappa shape index (κ3) is 4.02. The van der Waals surface area contributed by atoms with Crippen LogP contribution in [0.25, 0.3) is 0 Å². The van der Waals surface area contributed by atoms with E-state index in [4.69, 9.17) is 9.84 Å². The highest BCUT2D eigenvalue weighted by Gasteiger charge is 2.06. The molecule has 0 aromatic heterocycles. The number of benzene rings is 1. The molecule has 2 N–H and O–H groups in total. The van der Waals surface area contributed by atoms with Crippen molar-refractivity contribution >= 4 is 17.7 Å². The van der Waals surface area contributed by atoms with Crippen LogP contribution in [0.3, 0.4) is 0 Å². The van der Waals surface area contributed by atoms with Gasteiger partial charge in [0.05, 0.1) is 12.4 Å². The molecule has 5 heteroatoms. The molecule has 1 aromatic rings. The number of hydrogen-bond donors (Lipinski definition) is 2. The maximum absolute atomic E-state index is 10.4. The number of carboxylic acid groups (broad SMARTS) is 1. The average molecular weight is 242 g/mol. The zero-order valence-electron chi connectivity index (χ0n) is 8.97. The third-order valence-corrected chi connectivity index (χ3v) is 2.79. The Morgan fingerprint density at radius 2 is 2.25 bits per heavy atom. The number of aromatic hydroxyl groups is 1. The Labute approximate surface area is 98.2 Å². The van der Waals surface area contributed by atoms with Crippen LogP contribution in [0.2, 0.25) is 0 Å². The third-order valence-electron chi connectivity index (χ3n) is 1.83. The summed E-state index contributed by atoms with van der Waals surface area (Å²) in [6.07, 6.45) is 0. The van der Waals surface area contributed by atoms with Crippen LogP contribution in [0.4, 0.5) is 0 Å². The van der Waals surface area contributed by atoms with E-state index in [1.54, 1.807) is 18.2 Å². The fourth-order valence-electron chi connectivity index (χ4n) is 1.22. The second-order valence-corrected chi connectivity index (χ2v) is 4.10. The quantitative estimate of drug-likeness (QED) is 0.799. The Balaban J connectivity index is 2.67. The van der Waals surface area contributed by atoms with Crippen LogP contribution in [-0.4, -0.2) is 28.5 Å². The number of thioether (sulfide) groups is 1. The number of aliphatic carboxylic acids is 1. The molecule has 88 valence electrons. The van der Waals surface area contributed by atoms with E-state index in [2.05, 4.69) is 0 Å². The van der Waals surface area contributed by atoms with Crippen LogP contribution in [0.1, 0.15) is 12.5 Å². The molecular formula is C11H14O4S. The molecule has 0 atom stereocenters. The number of carbonyl (C=O) groups is 1. The van der Waals surface area contributed by atoms with Crippen LogP contribution in [0.5, 0.6) is 11.5 Å². The van der Waals surface area contributed by atoms with Crippen LogP contribution >= 0.6 is 11.8 Å². The lowest BCUT2D eigenvalue weighted by Crippen LogP contribution is -2.00. The fourth-order valence-corrected chi connectivity index (χ4v) is 1.95. The summed E-state index contributed by atoms with van der Waals surface area (Å²) in [5.41, 5.74) is 0.813. The molecule has 1 rings (SSSR count). The van der Waals surface area contributed by atoms with Crippen molar-refractivity contribution in [2.75, 3.05) is 12.4 Å². The molecule has 0 unspecified atom stereocenters. The van der Waals surface area contributed by atoms with Crippen molar-refractivity contribution in [1.29, 1.82) is 0 Å². The van der Waals surface area contributed by atoms with E-state index >= 15 is 0 Å². The standard InChI is InChI=1S/C11H14O4S/c1-2-15-10-4-3-9(12)5-8(10)6-16-7-11(13)14/h3-5,12H,2,6-7H2,1H3,(H,13,14). The second kappa shape index (κ2) is 6.27. The Morgan fingerprint density at radius 3 is 2.88 bits per heavy atom. The van der Waals surface area contributed by atoms with Crippen molar-refractivity contribution in [2.24, 2.45) is 0 Å². The fraction of sp³-hybridized carbons (Fsp3) is 0.364. The summed E-state index contributed by atoms with van der Waals surface area (Å²) in [6.45, 7) is 2.42. The van der Waals surface area contributed by atoms with Gasteiger partial charge in [-0.1, -0.05) is 0 Å². The van der Waals surface area contributed by atoms with Crippen LogP contribution in [0, 0.1) is 0 Å². The summed E-state index contributed by atoms with van der Waals surface area (Å²) in [5, 5.41) is 17.9. The molecule has 0 saturated carbocycles. The molecule has 0 heterocycles. The number of phenolic OH excluding ortho intramolecular Hbond substituents is 1. The lowest BCUT2D eigenvalue weighted by atomic mass is 10.2. The van der Waals surface area contributed by atoms with E-state index < -0.39 is 5.97 Å². The Morgan fingerprint density at radius 1 is 1.50 bits per heavy atom. The monoisotopic (exact) mass is 242 g/mol. The van der Waals surface area contributed by atoms with Crippen LogP contribution in [0.15, 0.2) is 18.2 Å². The molecule has 16 heavy (non-hydrogen) atoms. The van der Waals surface area contributed by atoms with Gasteiger partial charge in [-0.15, -0.1) is 11.8 Å². The molecule has 0 spiro atoms. The molecular weight excluding hydrogens is 228 g/mol. The number of hydrogen-bond acceptors (Lipinski definition) is 4. The number of ether oxygens (including phenoxy) is 1. The highest BCUT2D eigenvalue weighted by Crippen LogP contribution is 2.27. The van der Waals surface area contributed by atoms with Crippen molar-refractivity contribution in [3.8, 4) is 11.5 Å². The molecule has 0 fully saturated rings. The first-order valence-electron chi connectivity index (χ1n) is 4.87. The lowest BCUT2D eigenvalue weighted by Gasteiger charge is -2.09. The smallest absolute Gasteiger partial charge is 0.313 e. The molecule has 0 radical (unpaired) electrons. The molecule has 1 aromatic carbocycles. The largest absolute Gasteiger partial charge is 0.508 e. The van der Waals surface area contributed by atoms with Gasteiger partial charge in [-0.3, -0.25) is 4.79 Å². The van der Waals surface area contributed by atoms with Gasteiger partial charge in [0.2, 0.25) is 0 Å². The van der Waals surface area contributed by atoms with Gasteiger partial charge in [0.25, 0.3) is 0 Å². The van der Waals surface area contributed by atoms with Crippen molar-refractivity contribution in [3.05, 3.63) is 23.8 Å². The van der Waals surface area contributed by atoms with Gasteiger partial charge in [-0.25, -0.2) is 0 Å². The zero-order valence-corrected chi connectivity index (χ0v) is 9.79. The van der Waals surface area contributed by atoms with E-state index in [1.807, 2.05) is 6.92 Å². The normalized spacial score (nSPS) is 10.1. The van der Waals surface area contributed by atoms with Gasteiger partial charge < -0.3 is 14.9 Å². The summed E-state index contributed by atoms with van der Waals surface area (Å²) in [5.74, 6) is 0.563. The van der Waals surface area contributed by atoms with Crippen LogP contribution in [-0.2, 0) is 10.5 Å². The highest BCUT2D eigenvalue weighted by atomic mass is 32.2. The minimum absolute atomic E-state index is 0.0429. The minimum atomic E-state index is -0.844. The molecule has 0 aliphatic rings. The molecule has 4 nitrogen and oxygen atoms in total. The van der Waals surface area contributed by atoms with E-state index in [0.29, 0.717) is 18.1 Å². The van der Waals surface area contributed by atoms with Gasteiger partial charge in [-0.05, 0) is 25.1 Å². The molecule has 0 bridgehead atoms. The summed E-state index contributed by atoms with van der Waals surface area (Å²) in [4.78, 5) is 10.4.